The third-order valence-corrected chi connectivity index (χ3v) is 4.66. The number of ketones is 1. The lowest BCUT2D eigenvalue weighted by molar-refractivity contribution is -0.144. The Morgan fingerprint density at radius 2 is 1.83 bits per heavy atom. The number of esters is 1. The standard InChI is InChI=1S/C22H23N3O5/c1-13-10-18(16(4)25(13)20-11-14(2)30-24-20)19(26)12-29-22(28)15(3)23-21(27)17-8-6-5-7-9-17/h5-11,15H,12H2,1-4H3,(H,23,27)/t15-/m0/s1. The van der Waals surface area contributed by atoms with Gasteiger partial charge in [-0.25, -0.2) is 4.79 Å². The molecule has 3 aromatic rings. The molecule has 0 aliphatic heterocycles. The molecule has 1 amide bonds. The van der Waals surface area contributed by atoms with E-state index in [-0.39, 0.29) is 5.78 Å². The zero-order valence-corrected chi connectivity index (χ0v) is 17.3. The molecule has 0 bridgehead atoms. The summed E-state index contributed by atoms with van der Waals surface area (Å²) in [5, 5.41) is 6.54. The molecule has 2 aromatic heterocycles. The van der Waals surface area contributed by atoms with Gasteiger partial charge in [0.2, 0.25) is 5.78 Å². The maximum Gasteiger partial charge on any atom is 0.328 e. The van der Waals surface area contributed by atoms with Gasteiger partial charge in [-0.1, -0.05) is 23.4 Å². The maximum atomic E-state index is 12.6. The number of ether oxygens (including phenoxy) is 1. The first kappa shape index (κ1) is 21.0. The van der Waals surface area contributed by atoms with Crippen LogP contribution in [0.5, 0.6) is 0 Å². The zero-order valence-electron chi connectivity index (χ0n) is 17.3. The highest BCUT2D eigenvalue weighted by atomic mass is 16.5. The van der Waals surface area contributed by atoms with Crippen LogP contribution < -0.4 is 5.32 Å². The van der Waals surface area contributed by atoms with Crippen LogP contribution in [-0.4, -0.2) is 40.0 Å². The lowest BCUT2D eigenvalue weighted by Gasteiger charge is -2.13. The number of nitrogens with zero attached hydrogens (tertiary/aromatic N) is 2. The van der Waals surface area contributed by atoms with E-state index in [4.69, 9.17) is 9.26 Å². The quantitative estimate of drug-likeness (QED) is 0.475. The van der Waals surface area contributed by atoms with Gasteiger partial charge < -0.3 is 14.6 Å². The molecule has 2 heterocycles. The van der Waals surface area contributed by atoms with Gasteiger partial charge in [0.05, 0.1) is 0 Å². The molecule has 0 fully saturated rings. The molecule has 8 heteroatoms. The van der Waals surface area contributed by atoms with E-state index >= 15 is 0 Å². The summed E-state index contributed by atoms with van der Waals surface area (Å²) in [6.07, 6.45) is 0. The number of carbonyl (C=O) groups excluding carboxylic acids is 3. The number of rotatable bonds is 7. The van der Waals surface area contributed by atoms with Gasteiger partial charge in [-0.05, 0) is 45.9 Å². The molecule has 1 aromatic carbocycles. The molecule has 0 radical (unpaired) electrons. The zero-order chi connectivity index (χ0) is 21.8. The molecule has 30 heavy (non-hydrogen) atoms. The van der Waals surface area contributed by atoms with Crippen molar-refractivity contribution in [3.63, 3.8) is 0 Å². The van der Waals surface area contributed by atoms with Gasteiger partial charge in [0.1, 0.15) is 11.8 Å². The van der Waals surface area contributed by atoms with Gasteiger partial charge in [-0.2, -0.15) is 0 Å². The molecule has 0 aliphatic rings. The topological polar surface area (TPSA) is 103 Å². The number of benzene rings is 1. The van der Waals surface area contributed by atoms with E-state index in [1.807, 2.05) is 6.92 Å². The molecule has 0 saturated heterocycles. The number of amides is 1. The normalized spacial score (nSPS) is 11.7. The number of aromatic nitrogens is 2. The first-order valence-corrected chi connectivity index (χ1v) is 9.46. The molecule has 156 valence electrons. The number of hydrogen-bond donors (Lipinski definition) is 1. The number of nitrogens with one attached hydrogen (secondary N) is 1. The Morgan fingerprint density at radius 1 is 1.13 bits per heavy atom. The van der Waals surface area contributed by atoms with Crippen molar-refractivity contribution in [2.24, 2.45) is 0 Å². The van der Waals surface area contributed by atoms with Gasteiger partial charge in [-0.15, -0.1) is 0 Å². The Morgan fingerprint density at radius 3 is 2.47 bits per heavy atom. The van der Waals surface area contributed by atoms with Crippen LogP contribution in [0.1, 0.15) is 44.8 Å². The fourth-order valence-electron chi connectivity index (χ4n) is 3.12. The first-order chi connectivity index (χ1) is 14.3. The van der Waals surface area contributed by atoms with Crippen LogP contribution in [0.2, 0.25) is 0 Å². The summed E-state index contributed by atoms with van der Waals surface area (Å²) < 4.78 is 12.0. The summed E-state index contributed by atoms with van der Waals surface area (Å²) in [5.74, 6) is -0.183. The van der Waals surface area contributed by atoms with Crippen molar-refractivity contribution in [1.29, 1.82) is 0 Å². The molecule has 0 aliphatic carbocycles. The third-order valence-electron chi connectivity index (χ3n) is 4.66. The Kier molecular flexibility index (Phi) is 6.15. The number of hydrogen-bond acceptors (Lipinski definition) is 6. The van der Waals surface area contributed by atoms with E-state index in [2.05, 4.69) is 10.5 Å². The summed E-state index contributed by atoms with van der Waals surface area (Å²) in [5.41, 5.74) is 2.34. The van der Waals surface area contributed by atoms with Crippen LogP contribution in [0.25, 0.3) is 5.82 Å². The second-order valence-electron chi connectivity index (χ2n) is 7.01. The van der Waals surface area contributed by atoms with Crippen LogP contribution in [0.3, 0.4) is 0 Å². The maximum absolute atomic E-state index is 12.6. The van der Waals surface area contributed by atoms with Gasteiger partial charge in [0, 0.05) is 28.6 Å². The summed E-state index contributed by atoms with van der Waals surface area (Å²) in [6.45, 7) is 6.50. The minimum absolute atomic E-state index is 0.343. The molecule has 1 atom stereocenters. The van der Waals surface area contributed by atoms with Crippen LogP contribution in [0, 0.1) is 20.8 Å². The molecular weight excluding hydrogens is 386 g/mol. The van der Waals surface area contributed by atoms with Gasteiger partial charge >= 0.3 is 5.97 Å². The number of carbonyl (C=O) groups is 3. The molecule has 1 N–H and O–H groups in total. The fraction of sp³-hybridized carbons (Fsp3) is 0.273. The highest BCUT2D eigenvalue weighted by Crippen LogP contribution is 2.21. The Hall–Kier alpha value is -3.68. The van der Waals surface area contributed by atoms with Crippen molar-refractivity contribution in [3.8, 4) is 5.82 Å². The average molecular weight is 409 g/mol. The summed E-state index contributed by atoms with van der Waals surface area (Å²) in [4.78, 5) is 37.0. The molecule has 3 rings (SSSR count). The first-order valence-electron chi connectivity index (χ1n) is 9.46. The lowest BCUT2D eigenvalue weighted by Crippen LogP contribution is -2.40. The van der Waals surface area contributed by atoms with Crippen molar-refractivity contribution in [2.45, 2.75) is 33.7 Å². The smallest absolute Gasteiger partial charge is 0.328 e. The van der Waals surface area contributed by atoms with E-state index in [0.29, 0.717) is 28.4 Å². The highest BCUT2D eigenvalue weighted by molar-refractivity contribution is 6.00. The number of aryl methyl sites for hydroxylation is 2. The molecule has 0 spiro atoms. The third kappa shape index (κ3) is 4.48. The minimum Gasteiger partial charge on any atom is -0.456 e. The molecular formula is C22H23N3O5. The summed E-state index contributed by atoms with van der Waals surface area (Å²) >= 11 is 0. The monoisotopic (exact) mass is 409 g/mol. The van der Waals surface area contributed by atoms with Crippen molar-refractivity contribution in [1.82, 2.24) is 15.0 Å². The Labute approximate surface area is 173 Å². The van der Waals surface area contributed by atoms with Gasteiger partial charge in [-0.3, -0.25) is 14.2 Å². The fourth-order valence-corrected chi connectivity index (χ4v) is 3.12. The highest BCUT2D eigenvalue weighted by Gasteiger charge is 2.22. The lowest BCUT2D eigenvalue weighted by atomic mass is 10.1. The summed E-state index contributed by atoms with van der Waals surface area (Å²) in [7, 11) is 0. The Balaban J connectivity index is 1.61. The predicted molar refractivity (Wildman–Crippen MR) is 109 cm³/mol. The van der Waals surface area contributed by atoms with Gasteiger partial charge in [0.25, 0.3) is 5.91 Å². The molecule has 8 nitrogen and oxygen atoms in total. The predicted octanol–water partition coefficient (Wildman–Crippen LogP) is 2.93. The van der Waals surface area contributed by atoms with E-state index in [0.717, 1.165) is 5.69 Å². The van der Waals surface area contributed by atoms with E-state index in [1.54, 1.807) is 60.9 Å². The van der Waals surface area contributed by atoms with Crippen LogP contribution in [0.15, 0.2) is 47.0 Å². The second-order valence-corrected chi connectivity index (χ2v) is 7.01. The summed E-state index contributed by atoms with van der Waals surface area (Å²) in [6, 6.07) is 11.1. The average Bonchev–Trinajstić information content (AvgIpc) is 3.28. The van der Waals surface area contributed by atoms with E-state index in [9.17, 15) is 14.4 Å². The minimum atomic E-state index is -0.893. The SMILES string of the molecule is Cc1cc(-n2c(C)cc(C(=O)COC(=O)[C@H](C)NC(=O)c3ccccc3)c2C)no1. The Bertz CT molecular complexity index is 1080. The second kappa shape index (κ2) is 8.77. The largest absolute Gasteiger partial charge is 0.456 e. The van der Waals surface area contributed by atoms with Crippen molar-refractivity contribution in [3.05, 3.63) is 70.7 Å². The van der Waals surface area contributed by atoms with Crippen molar-refractivity contribution >= 4 is 17.7 Å². The van der Waals surface area contributed by atoms with Crippen molar-refractivity contribution in [2.75, 3.05) is 6.61 Å². The molecule has 0 unspecified atom stereocenters. The van der Waals surface area contributed by atoms with Crippen LogP contribution >= 0.6 is 0 Å². The van der Waals surface area contributed by atoms with E-state index < -0.39 is 24.5 Å². The van der Waals surface area contributed by atoms with E-state index in [1.165, 1.54) is 6.92 Å². The van der Waals surface area contributed by atoms with Crippen LogP contribution in [-0.2, 0) is 9.53 Å². The number of Topliss-reactive ketones (excluding diaryl/α,β-unsaturated/α-hetero) is 1. The van der Waals surface area contributed by atoms with Crippen molar-refractivity contribution < 1.29 is 23.6 Å². The van der Waals surface area contributed by atoms with Crippen LogP contribution in [0.4, 0.5) is 0 Å². The molecule has 0 saturated carbocycles. The van der Waals surface area contributed by atoms with Gasteiger partial charge in [0.15, 0.2) is 12.4 Å².